The highest BCUT2D eigenvalue weighted by atomic mass is 16.5. The number of rotatable bonds is 6. The summed E-state index contributed by atoms with van der Waals surface area (Å²) >= 11 is 0. The van der Waals surface area contributed by atoms with Gasteiger partial charge in [-0.2, -0.15) is 0 Å². The molecule has 1 N–H and O–H groups in total. The Bertz CT molecular complexity index is 203. The summed E-state index contributed by atoms with van der Waals surface area (Å²) in [6.07, 6.45) is 5.90. The molecule has 0 aliphatic carbocycles. The molecule has 0 bridgehead atoms. The van der Waals surface area contributed by atoms with E-state index in [2.05, 4.69) is 39.9 Å². The topological polar surface area (TPSA) is 21.3 Å². The van der Waals surface area contributed by atoms with E-state index in [-0.39, 0.29) is 0 Å². The molecule has 0 radical (unpaired) electrons. The minimum Gasteiger partial charge on any atom is -0.375 e. The zero-order valence-electron chi connectivity index (χ0n) is 11.7. The molecule has 0 amide bonds. The zero-order valence-corrected chi connectivity index (χ0v) is 11.7. The Hall–Kier alpha value is -0.0800. The van der Waals surface area contributed by atoms with E-state index in [1.807, 2.05) is 0 Å². The van der Waals surface area contributed by atoms with E-state index in [9.17, 15) is 0 Å². The molecule has 2 nitrogen and oxygen atoms in total. The second kappa shape index (κ2) is 6.02. The maximum Gasteiger partial charge on any atom is 0.0584 e. The summed E-state index contributed by atoms with van der Waals surface area (Å²) in [6.45, 7) is 12.4. The van der Waals surface area contributed by atoms with Gasteiger partial charge in [0.05, 0.1) is 12.2 Å². The standard InChI is InChI=1S/C14H29NO/c1-6-15-11(2)9-14(4,5)10-13-8-7-12(3)16-13/h11-13,15H,6-10H2,1-5H3. The summed E-state index contributed by atoms with van der Waals surface area (Å²) < 4.78 is 5.92. The molecule has 1 rings (SSSR count). The van der Waals surface area contributed by atoms with Crippen molar-refractivity contribution in [2.75, 3.05) is 6.54 Å². The van der Waals surface area contributed by atoms with Crippen molar-refractivity contribution in [3.63, 3.8) is 0 Å². The van der Waals surface area contributed by atoms with Crippen LogP contribution in [0.1, 0.15) is 60.3 Å². The van der Waals surface area contributed by atoms with Crippen molar-refractivity contribution in [1.82, 2.24) is 5.32 Å². The van der Waals surface area contributed by atoms with Gasteiger partial charge in [-0.1, -0.05) is 20.8 Å². The van der Waals surface area contributed by atoms with Crippen LogP contribution in [0.4, 0.5) is 0 Å². The van der Waals surface area contributed by atoms with Gasteiger partial charge in [0.2, 0.25) is 0 Å². The SMILES string of the molecule is CCNC(C)CC(C)(C)CC1CCC(C)O1. The highest BCUT2D eigenvalue weighted by Crippen LogP contribution is 2.34. The lowest BCUT2D eigenvalue weighted by molar-refractivity contribution is 0.0253. The van der Waals surface area contributed by atoms with Crippen LogP contribution in [0, 0.1) is 5.41 Å². The molecule has 1 fully saturated rings. The molecule has 16 heavy (non-hydrogen) atoms. The minimum atomic E-state index is 0.385. The second-order valence-electron chi connectivity index (χ2n) is 6.18. The van der Waals surface area contributed by atoms with Crippen molar-refractivity contribution >= 4 is 0 Å². The third-order valence-corrected chi connectivity index (χ3v) is 3.51. The lowest BCUT2D eigenvalue weighted by atomic mass is 9.80. The first kappa shape index (κ1) is 14.0. The highest BCUT2D eigenvalue weighted by Gasteiger charge is 2.29. The van der Waals surface area contributed by atoms with Crippen molar-refractivity contribution in [2.24, 2.45) is 5.41 Å². The summed E-state index contributed by atoms with van der Waals surface area (Å²) in [5, 5.41) is 3.49. The number of hydrogen-bond donors (Lipinski definition) is 1. The lowest BCUT2D eigenvalue weighted by Gasteiger charge is -2.31. The first-order valence-corrected chi connectivity index (χ1v) is 6.82. The van der Waals surface area contributed by atoms with Gasteiger partial charge in [-0.15, -0.1) is 0 Å². The molecular weight excluding hydrogens is 198 g/mol. The minimum absolute atomic E-state index is 0.385. The molecule has 1 aliphatic heterocycles. The average molecular weight is 227 g/mol. The Morgan fingerprint density at radius 1 is 1.38 bits per heavy atom. The van der Waals surface area contributed by atoms with Crippen molar-refractivity contribution < 1.29 is 4.74 Å². The predicted molar refractivity (Wildman–Crippen MR) is 69.7 cm³/mol. The van der Waals surface area contributed by atoms with Crippen molar-refractivity contribution in [1.29, 1.82) is 0 Å². The third kappa shape index (κ3) is 4.84. The first-order chi connectivity index (χ1) is 7.43. The summed E-state index contributed by atoms with van der Waals surface area (Å²) in [7, 11) is 0. The van der Waals surface area contributed by atoms with Crippen LogP contribution in [0.5, 0.6) is 0 Å². The molecule has 1 heterocycles. The molecule has 0 aromatic carbocycles. The largest absolute Gasteiger partial charge is 0.375 e. The Morgan fingerprint density at radius 3 is 2.56 bits per heavy atom. The van der Waals surface area contributed by atoms with Gasteiger partial charge < -0.3 is 10.1 Å². The molecule has 3 atom stereocenters. The fourth-order valence-corrected chi connectivity index (χ4v) is 2.98. The molecule has 0 aromatic heterocycles. The Labute approximate surface area is 101 Å². The Kier molecular flexibility index (Phi) is 5.26. The van der Waals surface area contributed by atoms with Crippen LogP contribution < -0.4 is 5.32 Å². The van der Waals surface area contributed by atoms with Crippen LogP contribution in [0.2, 0.25) is 0 Å². The van der Waals surface area contributed by atoms with Gasteiger partial charge in [-0.05, 0) is 51.5 Å². The van der Waals surface area contributed by atoms with Crippen LogP contribution in [0.25, 0.3) is 0 Å². The molecule has 1 aliphatic rings. The predicted octanol–water partition coefficient (Wildman–Crippen LogP) is 3.36. The lowest BCUT2D eigenvalue weighted by Crippen LogP contribution is -2.32. The molecule has 0 saturated carbocycles. The van der Waals surface area contributed by atoms with E-state index < -0.39 is 0 Å². The van der Waals surface area contributed by atoms with Gasteiger partial charge >= 0.3 is 0 Å². The van der Waals surface area contributed by atoms with Crippen LogP contribution in [-0.4, -0.2) is 24.8 Å². The van der Waals surface area contributed by atoms with Crippen molar-refractivity contribution in [3.05, 3.63) is 0 Å². The molecule has 3 unspecified atom stereocenters. The Morgan fingerprint density at radius 2 is 2.06 bits per heavy atom. The molecule has 0 spiro atoms. The van der Waals surface area contributed by atoms with E-state index >= 15 is 0 Å². The van der Waals surface area contributed by atoms with Gasteiger partial charge in [-0.3, -0.25) is 0 Å². The van der Waals surface area contributed by atoms with Crippen LogP contribution in [-0.2, 0) is 4.74 Å². The van der Waals surface area contributed by atoms with Gasteiger partial charge in [0.25, 0.3) is 0 Å². The molecular formula is C14H29NO. The first-order valence-electron chi connectivity index (χ1n) is 6.82. The zero-order chi connectivity index (χ0) is 12.2. The van der Waals surface area contributed by atoms with E-state index in [0.29, 0.717) is 23.7 Å². The van der Waals surface area contributed by atoms with Crippen molar-refractivity contribution in [2.45, 2.75) is 78.6 Å². The van der Waals surface area contributed by atoms with E-state index in [1.54, 1.807) is 0 Å². The fraction of sp³-hybridized carbons (Fsp3) is 1.00. The Balaban J connectivity index is 2.32. The van der Waals surface area contributed by atoms with E-state index in [4.69, 9.17) is 4.74 Å². The monoisotopic (exact) mass is 227 g/mol. The number of nitrogens with one attached hydrogen (secondary N) is 1. The van der Waals surface area contributed by atoms with Gasteiger partial charge in [0, 0.05) is 6.04 Å². The number of hydrogen-bond acceptors (Lipinski definition) is 2. The van der Waals surface area contributed by atoms with Crippen LogP contribution in [0.3, 0.4) is 0 Å². The van der Waals surface area contributed by atoms with Gasteiger partial charge in [0.15, 0.2) is 0 Å². The third-order valence-electron chi connectivity index (χ3n) is 3.51. The van der Waals surface area contributed by atoms with Crippen LogP contribution in [0.15, 0.2) is 0 Å². The van der Waals surface area contributed by atoms with E-state index in [0.717, 1.165) is 6.54 Å². The summed E-state index contributed by atoms with van der Waals surface area (Å²) in [6, 6.07) is 0.610. The second-order valence-corrected chi connectivity index (χ2v) is 6.18. The van der Waals surface area contributed by atoms with Gasteiger partial charge in [0.1, 0.15) is 0 Å². The fourth-order valence-electron chi connectivity index (χ4n) is 2.98. The highest BCUT2D eigenvalue weighted by molar-refractivity contribution is 4.81. The van der Waals surface area contributed by atoms with Crippen LogP contribution >= 0.6 is 0 Å². The molecule has 2 heteroatoms. The average Bonchev–Trinajstić information content (AvgIpc) is 2.49. The molecule has 0 aromatic rings. The quantitative estimate of drug-likeness (QED) is 0.751. The summed E-state index contributed by atoms with van der Waals surface area (Å²) in [5.41, 5.74) is 0.385. The number of ether oxygens (including phenoxy) is 1. The smallest absolute Gasteiger partial charge is 0.0584 e. The molecule has 1 saturated heterocycles. The maximum absolute atomic E-state index is 5.92. The summed E-state index contributed by atoms with van der Waals surface area (Å²) in [4.78, 5) is 0. The summed E-state index contributed by atoms with van der Waals surface area (Å²) in [5.74, 6) is 0. The maximum atomic E-state index is 5.92. The van der Waals surface area contributed by atoms with Crippen molar-refractivity contribution in [3.8, 4) is 0 Å². The van der Waals surface area contributed by atoms with E-state index in [1.165, 1.54) is 25.7 Å². The molecule has 96 valence electrons. The normalized spacial score (nSPS) is 28.3. The van der Waals surface area contributed by atoms with Gasteiger partial charge in [-0.25, -0.2) is 0 Å².